The third kappa shape index (κ3) is 4.70. The van der Waals surface area contributed by atoms with Crippen molar-refractivity contribution in [2.45, 2.75) is 43.2 Å². The van der Waals surface area contributed by atoms with E-state index in [1.165, 1.54) is 0 Å². The monoisotopic (exact) mass is 462 g/mol. The number of amides is 1. The van der Waals surface area contributed by atoms with Gasteiger partial charge in [0.2, 0.25) is 5.91 Å². The zero-order valence-corrected chi connectivity index (χ0v) is 19.0. The van der Waals surface area contributed by atoms with Crippen molar-refractivity contribution >= 4 is 29.1 Å². The van der Waals surface area contributed by atoms with Crippen molar-refractivity contribution in [3.05, 3.63) is 63.6 Å². The maximum Gasteiger partial charge on any atom is 0.224 e. The Kier molecular flexibility index (Phi) is 6.50. The van der Waals surface area contributed by atoms with Crippen LogP contribution in [0.25, 0.3) is 0 Å². The fourth-order valence-corrected chi connectivity index (χ4v) is 5.74. The molecule has 0 radical (unpaired) electrons. The number of halogens is 2. The van der Waals surface area contributed by atoms with Crippen LogP contribution in [-0.4, -0.2) is 53.3 Å². The van der Waals surface area contributed by atoms with Crippen LogP contribution in [0.3, 0.4) is 0 Å². The number of carbonyl (C=O) groups is 1. The molecule has 1 saturated carbocycles. The van der Waals surface area contributed by atoms with Crippen molar-refractivity contribution < 1.29 is 15.0 Å². The summed E-state index contributed by atoms with van der Waals surface area (Å²) >= 11 is 12.0. The smallest absolute Gasteiger partial charge is 0.224 e. The van der Waals surface area contributed by atoms with E-state index in [1.54, 1.807) is 24.3 Å². The first-order valence-corrected chi connectivity index (χ1v) is 11.4. The van der Waals surface area contributed by atoms with Crippen molar-refractivity contribution in [2.24, 2.45) is 5.92 Å². The lowest BCUT2D eigenvalue weighted by molar-refractivity contribution is -0.122. The van der Waals surface area contributed by atoms with Crippen LogP contribution >= 0.6 is 23.2 Å². The van der Waals surface area contributed by atoms with Crippen molar-refractivity contribution in [3.8, 4) is 5.75 Å². The lowest BCUT2D eigenvalue weighted by atomic mass is 9.57. The van der Waals surface area contributed by atoms with Gasteiger partial charge in [-0.3, -0.25) is 4.79 Å². The number of likely N-dealkylation sites (tertiary alicyclic amines) is 1. The molecule has 31 heavy (non-hydrogen) atoms. The number of carbonyl (C=O) groups excluding carboxylic acids is 1. The number of phenols is 1. The number of fused-ring (bicyclic) bond motifs is 1. The van der Waals surface area contributed by atoms with E-state index in [4.69, 9.17) is 23.2 Å². The quantitative estimate of drug-likeness (QED) is 0.646. The van der Waals surface area contributed by atoms with Gasteiger partial charge in [-0.05, 0) is 68.2 Å². The number of aliphatic hydroxyl groups excluding tert-OH is 1. The third-order valence-electron chi connectivity index (χ3n) is 6.89. The van der Waals surface area contributed by atoms with E-state index in [1.807, 2.05) is 18.2 Å². The molecule has 2 aromatic rings. The number of nitrogens with zero attached hydrogens (tertiary/aromatic N) is 1. The fourth-order valence-electron chi connectivity index (χ4n) is 5.42. The van der Waals surface area contributed by atoms with Crippen molar-refractivity contribution in [1.29, 1.82) is 0 Å². The summed E-state index contributed by atoms with van der Waals surface area (Å²) in [5, 5.41) is 25.2. The Morgan fingerprint density at radius 1 is 1.23 bits per heavy atom. The summed E-state index contributed by atoms with van der Waals surface area (Å²) in [7, 11) is 2.07. The fraction of sp³-hybridized carbons (Fsp3) is 0.458. The van der Waals surface area contributed by atoms with E-state index in [0.717, 1.165) is 37.1 Å². The second kappa shape index (κ2) is 8.99. The summed E-state index contributed by atoms with van der Waals surface area (Å²) in [5.74, 6) is 0.175. The highest BCUT2D eigenvalue weighted by molar-refractivity contribution is 6.42. The molecule has 1 aliphatic carbocycles. The standard InChI is InChI=1S/C24H28Cl2N2O3/c1-28-8-7-24(16-3-2-4-18(29)11-16)13-17(12-22(30)19(24)14-28)27-23(31)10-15-5-6-20(25)21(26)9-15/h2-6,9,11,17,19,22,29-30H,7-8,10,12-14H2,1H3,(H,27,31)/t17-,19+,22?,24+/m1/s1. The summed E-state index contributed by atoms with van der Waals surface area (Å²) in [6, 6.07) is 12.4. The first-order valence-electron chi connectivity index (χ1n) is 10.7. The van der Waals surface area contributed by atoms with Crippen LogP contribution in [0.15, 0.2) is 42.5 Å². The normalized spacial score (nSPS) is 28.7. The number of hydrogen-bond acceptors (Lipinski definition) is 4. The molecule has 2 fully saturated rings. The molecule has 0 spiro atoms. The molecule has 0 bridgehead atoms. The number of nitrogens with one attached hydrogen (secondary N) is 1. The lowest BCUT2D eigenvalue weighted by Gasteiger charge is -2.54. The number of hydrogen-bond donors (Lipinski definition) is 3. The van der Waals surface area contributed by atoms with Crippen LogP contribution in [0.4, 0.5) is 0 Å². The number of rotatable bonds is 4. The zero-order chi connectivity index (χ0) is 22.2. The molecule has 2 aromatic carbocycles. The summed E-state index contributed by atoms with van der Waals surface area (Å²) in [6.07, 6.45) is 1.79. The van der Waals surface area contributed by atoms with Gasteiger partial charge in [0.15, 0.2) is 0 Å². The predicted octanol–water partition coefficient (Wildman–Crippen LogP) is 3.77. The van der Waals surface area contributed by atoms with Crippen molar-refractivity contribution in [3.63, 3.8) is 0 Å². The minimum Gasteiger partial charge on any atom is -0.508 e. The Bertz CT molecular complexity index is 970. The highest BCUT2D eigenvalue weighted by atomic mass is 35.5. The number of aliphatic hydroxyl groups is 1. The number of benzene rings is 2. The first-order chi connectivity index (χ1) is 14.8. The van der Waals surface area contributed by atoms with Gasteiger partial charge in [-0.2, -0.15) is 0 Å². The molecule has 1 aliphatic heterocycles. The average molecular weight is 463 g/mol. The zero-order valence-electron chi connectivity index (χ0n) is 17.5. The topological polar surface area (TPSA) is 72.8 Å². The van der Waals surface area contributed by atoms with Crippen LogP contribution in [0.1, 0.15) is 30.4 Å². The molecule has 4 rings (SSSR count). The van der Waals surface area contributed by atoms with E-state index >= 15 is 0 Å². The van der Waals surface area contributed by atoms with E-state index < -0.39 is 6.10 Å². The summed E-state index contributed by atoms with van der Waals surface area (Å²) in [5.41, 5.74) is 1.54. The third-order valence-corrected chi connectivity index (χ3v) is 7.63. The molecule has 166 valence electrons. The van der Waals surface area contributed by atoms with Gasteiger partial charge in [0.05, 0.1) is 22.6 Å². The predicted molar refractivity (Wildman–Crippen MR) is 123 cm³/mol. The maximum absolute atomic E-state index is 12.8. The second-order valence-electron chi connectivity index (χ2n) is 9.02. The maximum atomic E-state index is 12.8. The van der Waals surface area contributed by atoms with Gasteiger partial charge in [0.1, 0.15) is 5.75 Å². The Labute approximate surface area is 193 Å². The number of aromatic hydroxyl groups is 1. The summed E-state index contributed by atoms with van der Waals surface area (Å²) in [4.78, 5) is 15.0. The molecule has 5 nitrogen and oxygen atoms in total. The molecule has 1 amide bonds. The highest BCUT2D eigenvalue weighted by Crippen LogP contribution is 2.49. The molecule has 1 unspecified atom stereocenters. The SMILES string of the molecule is CN1CC[C@@]2(c3cccc(O)c3)C[C@H](NC(=O)Cc3ccc(Cl)c(Cl)c3)CC(O)[C@@H]2C1. The Morgan fingerprint density at radius 2 is 2.03 bits per heavy atom. The second-order valence-corrected chi connectivity index (χ2v) is 9.84. The Morgan fingerprint density at radius 3 is 2.77 bits per heavy atom. The molecule has 7 heteroatoms. The van der Waals surface area contributed by atoms with Crippen LogP contribution in [0, 0.1) is 5.92 Å². The summed E-state index contributed by atoms with van der Waals surface area (Å²) in [6.45, 7) is 1.70. The van der Waals surface area contributed by atoms with Crippen LogP contribution < -0.4 is 5.32 Å². The van der Waals surface area contributed by atoms with Gasteiger partial charge in [-0.1, -0.05) is 41.4 Å². The molecule has 3 N–H and O–H groups in total. The average Bonchev–Trinajstić information content (AvgIpc) is 2.71. The molecular formula is C24H28Cl2N2O3. The highest BCUT2D eigenvalue weighted by Gasteiger charge is 2.51. The number of phenolic OH excluding ortho intramolecular Hbond substituents is 1. The van der Waals surface area contributed by atoms with Gasteiger partial charge in [0, 0.05) is 23.9 Å². The van der Waals surface area contributed by atoms with Crippen LogP contribution in [-0.2, 0) is 16.6 Å². The van der Waals surface area contributed by atoms with Crippen molar-refractivity contribution in [1.82, 2.24) is 10.2 Å². The minimum atomic E-state index is -0.533. The minimum absolute atomic E-state index is 0.0521. The first kappa shape index (κ1) is 22.4. The van der Waals surface area contributed by atoms with Gasteiger partial charge >= 0.3 is 0 Å². The Hall–Kier alpha value is -1.79. The Balaban J connectivity index is 1.55. The van der Waals surface area contributed by atoms with Crippen LogP contribution in [0.5, 0.6) is 5.75 Å². The van der Waals surface area contributed by atoms with E-state index in [0.29, 0.717) is 16.5 Å². The molecule has 1 heterocycles. The van der Waals surface area contributed by atoms with Gasteiger partial charge in [0.25, 0.3) is 0 Å². The van der Waals surface area contributed by atoms with Gasteiger partial charge in [-0.25, -0.2) is 0 Å². The van der Waals surface area contributed by atoms with E-state index in [9.17, 15) is 15.0 Å². The van der Waals surface area contributed by atoms with Crippen LogP contribution in [0.2, 0.25) is 10.0 Å². The molecule has 2 aliphatic rings. The van der Waals surface area contributed by atoms with Gasteiger partial charge in [-0.15, -0.1) is 0 Å². The largest absolute Gasteiger partial charge is 0.508 e. The summed E-state index contributed by atoms with van der Waals surface area (Å²) < 4.78 is 0. The van der Waals surface area contributed by atoms with E-state index in [-0.39, 0.29) is 35.5 Å². The molecule has 1 saturated heterocycles. The van der Waals surface area contributed by atoms with Gasteiger partial charge < -0.3 is 20.4 Å². The van der Waals surface area contributed by atoms with Crippen molar-refractivity contribution in [2.75, 3.05) is 20.1 Å². The lowest BCUT2D eigenvalue weighted by Crippen LogP contribution is -2.60. The molecule has 4 atom stereocenters. The number of piperidine rings is 1. The molecular weight excluding hydrogens is 435 g/mol. The molecule has 0 aromatic heterocycles. The van der Waals surface area contributed by atoms with E-state index in [2.05, 4.69) is 17.3 Å².